The number of fused-ring (bicyclic) bond motifs is 1. The number of hydrogen-bond acceptors (Lipinski definition) is 3. The lowest BCUT2D eigenvalue weighted by atomic mass is 9.92. The van der Waals surface area contributed by atoms with Crippen LogP contribution in [-0.2, 0) is 6.18 Å². The summed E-state index contributed by atoms with van der Waals surface area (Å²) in [6, 6.07) is 9.89. The number of aromatic amines is 1. The highest BCUT2D eigenvalue weighted by atomic mass is 79.9. The summed E-state index contributed by atoms with van der Waals surface area (Å²) in [6.07, 6.45) is 9.32. The molecule has 4 N–H and O–H groups in total. The third-order valence-electron chi connectivity index (χ3n) is 7.46. The van der Waals surface area contributed by atoms with Crippen LogP contribution >= 0.6 is 27.5 Å². The van der Waals surface area contributed by atoms with Crippen LogP contribution < -0.4 is 5.32 Å². The molecule has 0 saturated heterocycles. The molecule has 10 heteroatoms. The number of carboxylic acids is 1. The molecule has 3 aromatic rings. The van der Waals surface area contributed by atoms with Gasteiger partial charge in [-0.1, -0.05) is 98.0 Å². The number of hydrogen-bond donors (Lipinski definition) is 4. The molecule has 1 aliphatic carbocycles. The molecule has 0 spiro atoms. The van der Waals surface area contributed by atoms with Crippen molar-refractivity contribution in [2.45, 2.75) is 95.9 Å². The van der Waals surface area contributed by atoms with E-state index in [2.05, 4.69) is 33.2 Å². The number of halogens is 5. The molecule has 1 fully saturated rings. The van der Waals surface area contributed by atoms with Crippen LogP contribution in [0.15, 0.2) is 40.9 Å². The van der Waals surface area contributed by atoms with Crippen molar-refractivity contribution in [1.29, 1.82) is 0 Å². The van der Waals surface area contributed by atoms with Gasteiger partial charge in [0.25, 0.3) is 0 Å². The largest absolute Gasteiger partial charge is 0.477 e. The summed E-state index contributed by atoms with van der Waals surface area (Å²) in [6.45, 7) is 3.36. The smallest absolute Gasteiger partial charge is 0.419 e. The van der Waals surface area contributed by atoms with Gasteiger partial charge in [-0.05, 0) is 61.2 Å². The Hall–Kier alpha value is -2.07. The average Bonchev–Trinajstić information content (AvgIpc) is 3.31. The molecule has 1 aromatic heterocycles. The van der Waals surface area contributed by atoms with Crippen molar-refractivity contribution < 1.29 is 28.2 Å². The Bertz CT molecular complexity index is 1260. The van der Waals surface area contributed by atoms with Crippen LogP contribution in [0.5, 0.6) is 0 Å². The van der Waals surface area contributed by atoms with Crippen molar-refractivity contribution in [3.8, 4) is 11.1 Å². The minimum absolute atomic E-state index is 0.0895. The number of nitrogens with one attached hydrogen (secondary N) is 2. The van der Waals surface area contributed by atoms with E-state index >= 15 is 0 Å². The quantitative estimate of drug-likeness (QED) is 0.155. The maximum absolute atomic E-state index is 13.3. The Balaban J connectivity index is 0.000000241. The summed E-state index contributed by atoms with van der Waals surface area (Å²) in [4.78, 5) is 13.5. The molecule has 1 heterocycles. The lowest BCUT2D eigenvalue weighted by molar-refractivity contribution is -0.136. The normalized spacial score (nSPS) is 17.3. The fraction of sp³-hybridized carbons (Fsp3) is 0.516. The average molecular weight is 660 g/mol. The summed E-state index contributed by atoms with van der Waals surface area (Å²) in [5.74, 6) is -1.66. The monoisotopic (exact) mass is 658 g/mol. The van der Waals surface area contributed by atoms with E-state index in [1.165, 1.54) is 69.9 Å². The Morgan fingerprint density at radius 3 is 2.29 bits per heavy atom. The fourth-order valence-corrected chi connectivity index (χ4v) is 5.94. The molecule has 41 heavy (non-hydrogen) atoms. The zero-order chi connectivity index (χ0) is 30.0. The zero-order valence-electron chi connectivity index (χ0n) is 23.3. The topological polar surface area (TPSA) is 85.3 Å². The molecular weight excluding hydrogens is 621 g/mol. The van der Waals surface area contributed by atoms with Crippen molar-refractivity contribution in [3.63, 3.8) is 0 Å². The zero-order valence-corrected chi connectivity index (χ0v) is 25.6. The van der Waals surface area contributed by atoms with Gasteiger partial charge in [-0.2, -0.15) is 13.2 Å². The predicted octanol–water partition coefficient (Wildman–Crippen LogP) is 9.60. The second kappa shape index (κ2) is 16.0. The molecule has 0 amide bonds. The van der Waals surface area contributed by atoms with Gasteiger partial charge < -0.3 is 20.5 Å². The van der Waals surface area contributed by atoms with Crippen LogP contribution in [0, 0.1) is 0 Å². The van der Waals surface area contributed by atoms with Crippen molar-refractivity contribution in [3.05, 3.63) is 57.2 Å². The van der Waals surface area contributed by atoms with Crippen LogP contribution in [0.2, 0.25) is 5.02 Å². The number of aliphatic hydroxyl groups excluding tert-OH is 1. The number of carboxylic acid groups (broad SMARTS) is 1. The molecule has 4 rings (SSSR count). The van der Waals surface area contributed by atoms with Gasteiger partial charge in [0, 0.05) is 26.4 Å². The van der Waals surface area contributed by atoms with Crippen molar-refractivity contribution in [2.24, 2.45) is 0 Å². The molecule has 0 bridgehead atoms. The summed E-state index contributed by atoms with van der Waals surface area (Å²) in [5.41, 5.74) is -0.627. The standard InChI is InChI=1S/C16H8BrClF3NO2.C15H31NO/c17-11-5-10-12(6-9(11)7-1-3-8(18)4-2-7)22-14(15(23)24)13(10)16(19,20)21;1-2-3-4-5-6-7-10-13-16-14-11-8-9-12-15(14)17/h1-6,22H,(H,23,24);14-17H,2-13H2,1H3/t;14-,15-/m.1/s1. The maximum Gasteiger partial charge on any atom is 0.419 e. The lowest BCUT2D eigenvalue weighted by Gasteiger charge is -2.28. The number of aromatic nitrogens is 1. The summed E-state index contributed by atoms with van der Waals surface area (Å²) >= 11 is 9.09. The van der Waals surface area contributed by atoms with Gasteiger partial charge in [-0.25, -0.2) is 4.79 Å². The van der Waals surface area contributed by atoms with Crippen molar-refractivity contribution >= 4 is 44.4 Å². The lowest BCUT2D eigenvalue weighted by Crippen LogP contribution is -2.42. The molecular formula is C31H39BrClF3N2O3. The van der Waals surface area contributed by atoms with Crippen LogP contribution in [0.25, 0.3) is 22.0 Å². The van der Waals surface area contributed by atoms with Crippen LogP contribution in [0.4, 0.5) is 13.2 Å². The van der Waals surface area contributed by atoms with E-state index < -0.39 is 23.4 Å². The molecule has 2 atom stereocenters. The molecule has 226 valence electrons. The Morgan fingerprint density at radius 1 is 1.05 bits per heavy atom. The van der Waals surface area contributed by atoms with E-state index in [0.717, 1.165) is 24.9 Å². The SMILES string of the molecule is CCCCCCCCCN[C@@H]1CCCC[C@H]1O.O=C(O)c1[nH]c2cc(-c3ccc(Cl)cc3)c(Br)cc2c1C(F)(F)F. The van der Waals surface area contributed by atoms with Gasteiger partial charge in [0.15, 0.2) is 0 Å². The number of benzene rings is 2. The highest BCUT2D eigenvalue weighted by Gasteiger charge is 2.39. The first-order valence-corrected chi connectivity index (χ1v) is 15.5. The van der Waals surface area contributed by atoms with Gasteiger partial charge >= 0.3 is 12.1 Å². The Labute approximate surface area is 253 Å². The first kappa shape index (κ1) is 33.4. The van der Waals surface area contributed by atoms with Crippen LogP contribution in [0.1, 0.15) is 93.6 Å². The predicted molar refractivity (Wildman–Crippen MR) is 163 cm³/mol. The van der Waals surface area contributed by atoms with Crippen molar-refractivity contribution in [1.82, 2.24) is 10.3 Å². The molecule has 5 nitrogen and oxygen atoms in total. The number of unbranched alkanes of at least 4 members (excludes halogenated alkanes) is 6. The van der Waals surface area contributed by atoms with E-state index in [-0.39, 0.29) is 17.0 Å². The summed E-state index contributed by atoms with van der Waals surface area (Å²) < 4.78 is 40.2. The summed E-state index contributed by atoms with van der Waals surface area (Å²) in [5, 5.41) is 22.7. The van der Waals surface area contributed by atoms with Gasteiger partial charge in [0.2, 0.25) is 0 Å². The molecule has 0 unspecified atom stereocenters. The molecule has 1 saturated carbocycles. The molecule has 0 radical (unpaired) electrons. The summed E-state index contributed by atoms with van der Waals surface area (Å²) in [7, 11) is 0. The second-order valence-corrected chi connectivity index (χ2v) is 11.9. The minimum atomic E-state index is -4.78. The number of aromatic carboxylic acids is 1. The first-order chi connectivity index (χ1) is 19.5. The number of H-pyrrole nitrogens is 1. The number of aliphatic hydroxyl groups is 1. The molecule has 0 aliphatic heterocycles. The van der Waals surface area contributed by atoms with E-state index in [1.54, 1.807) is 24.3 Å². The third kappa shape index (κ3) is 9.73. The van der Waals surface area contributed by atoms with Gasteiger partial charge in [0.1, 0.15) is 5.69 Å². The number of rotatable bonds is 11. The minimum Gasteiger partial charge on any atom is -0.477 e. The second-order valence-electron chi connectivity index (χ2n) is 10.6. The number of alkyl halides is 3. The molecule has 1 aliphatic rings. The van der Waals surface area contributed by atoms with Crippen LogP contribution in [0.3, 0.4) is 0 Å². The Morgan fingerprint density at radius 2 is 1.68 bits per heavy atom. The fourth-order valence-electron chi connectivity index (χ4n) is 5.24. The van der Waals surface area contributed by atoms with Gasteiger partial charge in [0.05, 0.1) is 11.7 Å². The van der Waals surface area contributed by atoms with Gasteiger partial charge in [-0.3, -0.25) is 0 Å². The highest BCUT2D eigenvalue weighted by Crippen LogP contribution is 2.41. The number of carbonyl (C=O) groups is 1. The molecule has 2 aromatic carbocycles. The maximum atomic E-state index is 13.3. The highest BCUT2D eigenvalue weighted by molar-refractivity contribution is 9.10. The van der Waals surface area contributed by atoms with Gasteiger partial charge in [-0.15, -0.1) is 0 Å². The Kier molecular flexibility index (Phi) is 13.0. The van der Waals surface area contributed by atoms with E-state index in [1.807, 2.05) is 0 Å². The van der Waals surface area contributed by atoms with Crippen molar-refractivity contribution in [2.75, 3.05) is 6.54 Å². The first-order valence-electron chi connectivity index (χ1n) is 14.4. The van der Waals surface area contributed by atoms with E-state index in [0.29, 0.717) is 21.1 Å². The van der Waals surface area contributed by atoms with E-state index in [4.69, 9.17) is 16.7 Å². The third-order valence-corrected chi connectivity index (χ3v) is 8.36. The van der Waals surface area contributed by atoms with E-state index in [9.17, 15) is 23.1 Å². The van der Waals surface area contributed by atoms with Crippen LogP contribution in [-0.4, -0.2) is 39.9 Å².